The Balaban J connectivity index is 1.53. The van der Waals surface area contributed by atoms with Gasteiger partial charge >= 0.3 is 0 Å². The van der Waals surface area contributed by atoms with Gasteiger partial charge in [0.2, 0.25) is 0 Å². The van der Waals surface area contributed by atoms with Crippen molar-refractivity contribution in [1.29, 1.82) is 0 Å². The number of anilines is 1. The van der Waals surface area contributed by atoms with E-state index in [1.54, 1.807) is 29.3 Å². The van der Waals surface area contributed by atoms with Crippen LogP contribution in [-0.2, 0) is 0 Å². The van der Waals surface area contributed by atoms with Crippen LogP contribution < -0.4 is 4.90 Å². The summed E-state index contributed by atoms with van der Waals surface area (Å²) < 4.78 is 1.72. The maximum atomic E-state index is 12.9. The first kappa shape index (κ1) is 15.5. The summed E-state index contributed by atoms with van der Waals surface area (Å²) >= 11 is 0. The third kappa shape index (κ3) is 2.79. The van der Waals surface area contributed by atoms with Gasteiger partial charge in [0.1, 0.15) is 11.4 Å². The molecule has 3 aromatic rings. The zero-order valence-electron chi connectivity index (χ0n) is 14.3. The molecule has 4 heterocycles. The number of hydrogen-bond donors (Lipinski definition) is 0. The highest BCUT2D eigenvalue weighted by Crippen LogP contribution is 2.17. The standard InChI is InChI=1S/C17H19N7O/c1-12-9-13(2)24-16(21-12)14(10-20-24)17(25)23-7-5-22(6-8-23)15-11-18-3-4-19-15/h3-4,9-11H,5-8H2,1-2H3. The van der Waals surface area contributed by atoms with E-state index in [1.165, 1.54) is 0 Å². The van der Waals surface area contributed by atoms with E-state index in [0.717, 1.165) is 30.3 Å². The minimum Gasteiger partial charge on any atom is -0.352 e. The second-order valence-corrected chi connectivity index (χ2v) is 6.18. The Labute approximate surface area is 145 Å². The van der Waals surface area contributed by atoms with Gasteiger partial charge in [-0.3, -0.25) is 9.78 Å². The molecule has 0 spiro atoms. The third-order valence-corrected chi connectivity index (χ3v) is 4.45. The first-order valence-electron chi connectivity index (χ1n) is 8.26. The molecule has 0 aromatic carbocycles. The van der Waals surface area contributed by atoms with Crippen LogP contribution in [0.3, 0.4) is 0 Å². The van der Waals surface area contributed by atoms with E-state index in [1.807, 2.05) is 24.8 Å². The topological polar surface area (TPSA) is 79.5 Å². The van der Waals surface area contributed by atoms with Crippen LogP contribution in [0.1, 0.15) is 21.7 Å². The van der Waals surface area contributed by atoms with Crippen molar-refractivity contribution in [3.8, 4) is 0 Å². The monoisotopic (exact) mass is 337 g/mol. The summed E-state index contributed by atoms with van der Waals surface area (Å²) in [5.74, 6) is 0.824. The van der Waals surface area contributed by atoms with Crippen LogP contribution in [0.25, 0.3) is 5.65 Å². The molecule has 8 nitrogen and oxygen atoms in total. The van der Waals surface area contributed by atoms with Crippen LogP contribution >= 0.6 is 0 Å². The van der Waals surface area contributed by atoms with E-state index >= 15 is 0 Å². The van der Waals surface area contributed by atoms with Gasteiger partial charge in [-0.1, -0.05) is 0 Å². The molecule has 128 valence electrons. The van der Waals surface area contributed by atoms with Crippen LogP contribution in [-0.4, -0.2) is 61.6 Å². The maximum absolute atomic E-state index is 12.9. The average Bonchev–Trinajstić information content (AvgIpc) is 3.06. The molecule has 3 aromatic heterocycles. The molecule has 0 N–H and O–H groups in total. The summed E-state index contributed by atoms with van der Waals surface area (Å²) in [5, 5.41) is 4.32. The number of rotatable bonds is 2. The van der Waals surface area contributed by atoms with E-state index in [0.29, 0.717) is 24.3 Å². The zero-order valence-corrected chi connectivity index (χ0v) is 14.3. The number of hydrogen-bond acceptors (Lipinski definition) is 6. The summed E-state index contributed by atoms with van der Waals surface area (Å²) in [6.45, 7) is 6.62. The average molecular weight is 337 g/mol. The Morgan fingerprint density at radius 2 is 1.88 bits per heavy atom. The number of aromatic nitrogens is 5. The Morgan fingerprint density at radius 1 is 1.08 bits per heavy atom. The Bertz CT molecular complexity index is 913. The van der Waals surface area contributed by atoms with Crippen LogP contribution in [0.4, 0.5) is 5.82 Å². The fourth-order valence-electron chi connectivity index (χ4n) is 3.18. The molecular formula is C17H19N7O. The summed E-state index contributed by atoms with van der Waals surface area (Å²) in [5.41, 5.74) is 3.03. The number of piperazine rings is 1. The highest BCUT2D eigenvalue weighted by Gasteiger charge is 2.25. The number of nitrogens with zero attached hydrogens (tertiary/aromatic N) is 7. The van der Waals surface area contributed by atoms with Crippen molar-refractivity contribution < 1.29 is 4.79 Å². The lowest BCUT2D eigenvalue weighted by Gasteiger charge is -2.35. The third-order valence-electron chi connectivity index (χ3n) is 4.45. The van der Waals surface area contributed by atoms with Crippen molar-refractivity contribution in [3.05, 3.63) is 47.8 Å². The molecule has 1 amide bonds. The minimum atomic E-state index is -0.0219. The number of aryl methyl sites for hydroxylation is 2. The second-order valence-electron chi connectivity index (χ2n) is 6.18. The lowest BCUT2D eigenvalue weighted by molar-refractivity contribution is 0.0748. The number of amides is 1. The van der Waals surface area contributed by atoms with Crippen LogP contribution in [0.5, 0.6) is 0 Å². The van der Waals surface area contributed by atoms with Crippen LogP contribution in [0.2, 0.25) is 0 Å². The first-order valence-corrected chi connectivity index (χ1v) is 8.26. The van der Waals surface area contributed by atoms with Gasteiger partial charge in [0.05, 0.1) is 12.4 Å². The van der Waals surface area contributed by atoms with Gasteiger partial charge in [0.15, 0.2) is 5.65 Å². The van der Waals surface area contributed by atoms with E-state index < -0.39 is 0 Å². The highest BCUT2D eigenvalue weighted by molar-refractivity contribution is 5.99. The van der Waals surface area contributed by atoms with Gasteiger partial charge in [-0.25, -0.2) is 14.5 Å². The van der Waals surface area contributed by atoms with Crippen LogP contribution in [0.15, 0.2) is 30.9 Å². The Kier molecular flexibility index (Phi) is 3.79. The summed E-state index contributed by atoms with van der Waals surface area (Å²) in [6.07, 6.45) is 6.71. The van der Waals surface area contributed by atoms with E-state index in [2.05, 4.69) is 25.0 Å². The van der Waals surface area contributed by atoms with Gasteiger partial charge in [-0.05, 0) is 19.9 Å². The lowest BCUT2D eigenvalue weighted by Crippen LogP contribution is -2.49. The second kappa shape index (κ2) is 6.12. The van der Waals surface area contributed by atoms with Crippen molar-refractivity contribution in [2.75, 3.05) is 31.1 Å². The van der Waals surface area contributed by atoms with Gasteiger partial charge in [0, 0.05) is 50.0 Å². The van der Waals surface area contributed by atoms with Crippen molar-refractivity contribution >= 4 is 17.4 Å². The molecule has 0 radical (unpaired) electrons. The smallest absolute Gasteiger partial charge is 0.259 e. The van der Waals surface area contributed by atoms with Gasteiger partial charge in [-0.15, -0.1) is 0 Å². The van der Waals surface area contributed by atoms with E-state index in [4.69, 9.17) is 0 Å². The SMILES string of the molecule is Cc1cc(C)n2ncc(C(=O)N3CCN(c4cnccn4)CC3)c2n1. The van der Waals surface area contributed by atoms with Crippen molar-refractivity contribution in [3.63, 3.8) is 0 Å². The molecule has 4 rings (SSSR count). The number of carbonyl (C=O) groups is 1. The molecule has 25 heavy (non-hydrogen) atoms. The molecule has 1 fully saturated rings. The molecule has 0 saturated carbocycles. The van der Waals surface area contributed by atoms with Gasteiger partial charge in [-0.2, -0.15) is 5.10 Å². The largest absolute Gasteiger partial charge is 0.352 e. The normalized spacial score (nSPS) is 15.0. The molecule has 0 unspecified atom stereocenters. The predicted octanol–water partition coefficient (Wildman–Crippen LogP) is 1.10. The Hall–Kier alpha value is -3.03. The molecule has 1 aliphatic rings. The molecule has 8 heteroatoms. The maximum Gasteiger partial charge on any atom is 0.259 e. The molecule has 1 saturated heterocycles. The van der Waals surface area contributed by atoms with E-state index in [-0.39, 0.29) is 5.91 Å². The molecule has 1 aliphatic heterocycles. The Morgan fingerprint density at radius 3 is 2.60 bits per heavy atom. The summed E-state index contributed by atoms with van der Waals surface area (Å²) in [4.78, 5) is 29.8. The van der Waals surface area contributed by atoms with Crippen molar-refractivity contribution in [1.82, 2.24) is 29.5 Å². The van der Waals surface area contributed by atoms with Gasteiger partial charge in [0.25, 0.3) is 5.91 Å². The lowest BCUT2D eigenvalue weighted by atomic mass is 10.2. The zero-order chi connectivity index (χ0) is 17.4. The molecular weight excluding hydrogens is 318 g/mol. The molecule has 0 aliphatic carbocycles. The summed E-state index contributed by atoms with van der Waals surface area (Å²) in [7, 11) is 0. The highest BCUT2D eigenvalue weighted by atomic mass is 16.2. The summed E-state index contributed by atoms with van der Waals surface area (Å²) in [6, 6.07) is 1.95. The van der Waals surface area contributed by atoms with E-state index in [9.17, 15) is 4.79 Å². The van der Waals surface area contributed by atoms with Crippen LogP contribution in [0, 0.1) is 13.8 Å². The molecule has 0 atom stereocenters. The quantitative estimate of drug-likeness (QED) is 0.697. The number of carbonyl (C=O) groups excluding carboxylic acids is 1. The minimum absolute atomic E-state index is 0.0219. The van der Waals surface area contributed by atoms with Crippen molar-refractivity contribution in [2.45, 2.75) is 13.8 Å². The van der Waals surface area contributed by atoms with Gasteiger partial charge < -0.3 is 9.80 Å². The van der Waals surface area contributed by atoms with Crippen molar-refractivity contribution in [2.24, 2.45) is 0 Å². The fourth-order valence-corrected chi connectivity index (χ4v) is 3.18. The number of fused-ring (bicyclic) bond motifs is 1. The fraction of sp³-hybridized carbons (Fsp3) is 0.353. The molecule has 0 bridgehead atoms. The first-order chi connectivity index (χ1) is 12.1. The predicted molar refractivity (Wildman–Crippen MR) is 92.6 cm³/mol.